The number of hydrogen-bond donors (Lipinski definition) is 1. The van der Waals surface area contributed by atoms with Crippen molar-refractivity contribution in [3.05, 3.63) is 18.2 Å². The average molecular weight is 419 g/mol. The first kappa shape index (κ1) is 20.4. The van der Waals surface area contributed by atoms with Crippen LogP contribution in [0.1, 0.15) is 19.8 Å². The van der Waals surface area contributed by atoms with Crippen LogP contribution in [0.2, 0.25) is 0 Å². The number of piperidine rings is 1. The maximum Gasteiger partial charge on any atom is 0.224 e. The summed E-state index contributed by atoms with van der Waals surface area (Å²) in [6.07, 6.45) is 1.96. The zero-order valence-corrected chi connectivity index (χ0v) is 17.9. The second-order valence-corrected chi connectivity index (χ2v) is 8.60. The maximum atomic E-state index is 12.7. The van der Waals surface area contributed by atoms with Gasteiger partial charge < -0.3 is 19.7 Å². The summed E-state index contributed by atoms with van der Waals surface area (Å²) < 4.78 is 12.1. The predicted octanol–water partition coefficient (Wildman–Crippen LogP) is 2.36. The number of nitrogens with zero attached hydrogens (tertiary/aromatic N) is 3. The lowest BCUT2D eigenvalue weighted by atomic mass is 9.97. The molecule has 2 aliphatic rings. The lowest BCUT2D eigenvalue weighted by Gasteiger charge is -2.32. The Kier molecular flexibility index (Phi) is 6.84. The monoisotopic (exact) mass is 418 g/mol. The van der Waals surface area contributed by atoms with Crippen LogP contribution >= 0.6 is 11.3 Å². The Hall–Kier alpha value is -1.90. The molecule has 4 rings (SSSR count). The molecule has 0 bridgehead atoms. The Bertz CT molecular complexity index is 821. The molecule has 0 spiro atoms. The van der Waals surface area contributed by atoms with Crippen LogP contribution in [0.5, 0.6) is 5.75 Å². The second kappa shape index (κ2) is 9.73. The van der Waals surface area contributed by atoms with Gasteiger partial charge in [-0.1, -0.05) is 11.3 Å². The van der Waals surface area contributed by atoms with E-state index in [1.165, 1.54) is 0 Å². The van der Waals surface area contributed by atoms with Crippen molar-refractivity contribution in [2.24, 2.45) is 5.92 Å². The van der Waals surface area contributed by atoms with Crippen LogP contribution in [0.15, 0.2) is 18.2 Å². The minimum absolute atomic E-state index is 0.0273. The number of benzene rings is 1. The highest BCUT2D eigenvalue weighted by atomic mass is 32.1. The molecule has 1 atom stereocenters. The lowest BCUT2D eigenvalue weighted by Crippen LogP contribution is -2.46. The Balaban J connectivity index is 1.32. The van der Waals surface area contributed by atoms with E-state index >= 15 is 0 Å². The van der Waals surface area contributed by atoms with Gasteiger partial charge in [-0.15, -0.1) is 0 Å². The van der Waals surface area contributed by atoms with Crippen molar-refractivity contribution in [2.45, 2.75) is 19.8 Å². The highest BCUT2D eigenvalue weighted by molar-refractivity contribution is 7.22. The van der Waals surface area contributed by atoms with Crippen molar-refractivity contribution >= 4 is 32.6 Å². The first-order valence-electron chi connectivity index (χ1n) is 10.6. The van der Waals surface area contributed by atoms with Crippen molar-refractivity contribution in [2.75, 3.05) is 64.0 Å². The molecule has 2 saturated heterocycles. The number of rotatable bonds is 7. The third-order valence-corrected chi connectivity index (χ3v) is 6.63. The quantitative estimate of drug-likeness (QED) is 0.745. The molecule has 8 heteroatoms. The van der Waals surface area contributed by atoms with Gasteiger partial charge in [0.1, 0.15) is 5.75 Å². The van der Waals surface area contributed by atoms with Crippen molar-refractivity contribution in [3.63, 3.8) is 0 Å². The number of fused-ring (bicyclic) bond motifs is 1. The van der Waals surface area contributed by atoms with Gasteiger partial charge in [-0.25, -0.2) is 4.98 Å². The fraction of sp³-hybridized carbons (Fsp3) is 0.619. The zero-order valence-electron chi connectivity index (χ0n) is 17.1. The molecule has 1 unspecified atom stereocenters. The summed E-state index contributed by atoms with van der Waals surface area (Å²) >= 11 is 1.68. The molecule has 1 N–H and O–H groups in total. The maximum absolute atomic E-state index is 12.7. The van der Waals surface area contributed by atoms with Crippen LogP contribution in [-0.4, -0.2) is 74.9 Å². The SMILES string of the molecule is CCOc1ccc2nc(N3CCCC(C(=O)NCCN4CCOCC4)C3)sc2c1. The van der Waals surface area contributed by atoms with Gasteiger partial charge in [-0.3, -0.25) is 9.69 Å². The van der Waals surface area contributed by atoms with Crippen LogP contribution in [0.4, 0.5) is 5.13 Å². The van der Waals surface area contributed by atoms with Gasteiger partial charge in [0.2, 0.25) is 5.91 Å². The number of carbonyl (C=O) groups excluding carboxylic acids is 1. The number of aromatic nitrogens is 1. The van der Waals surface area contributed by atoms with Gasteiger partial charge in [0.15, 0.2) is 5.13 Å². The summed E-state index contributed by atoms with van der Waals surface area (Å²) in [5.74, 6) is 1.08. The predicted molar refractivity (Wildman–Crippen MR) is 116 cm³/mol. The lowest BCUT2D eigenvalue weighted by molar-refractivity contribution is -0.125. The number of hydrogen-bond acceptors (Lipinski definition) is 7. The van der Waals surface area contributed by atoms with Crippen molar-refractivity contribution in [1.82, 2.24) is 15.2 Å². The normalized spacial score (nSPS) is 20.7. The van der Waals surface area contributed by atoms with E-state index in [1.807, 2.05) is 19.1 Å². The molecule has 2 fully saturated rings. The highest BCUT2D eigenvalue weighted by Crippen LogP contribution is 2.33. The Morgan fingerprint density at radius 3 is 3.03 bits per heavy atom. The first-order chi connectivity index (χ1) is 14.2. The molecule has 1 aromatic heterocycles. The van der Waals surface area contributed by atoms with Crippen LogP contribution in [-0.2, 0) is 9.53 Å². The largest absolute Gasteiger partial charge is 0.494 e. The van der Waals surface area contributed by atoms with Gasteiger partial charge in [0.05, 0.1) is 36.0 Å². The standard InChI is InChI=1S/C21H30N4O3S/c1-2-28-17-5-6-18-19(14-17)29-21(23-18)25-8-3-4-16(15-25)20(26)22-7-9-24-10-12-27-13-11-24/h5-6,14,16H,2-4,7-13,15H2,1H3,(H,22,26). The van der Waals surface area contributed by atoms with E-state index in [-0.39, 0.29) is 11.8 Å². The Labute approximate surface area is 176 Å². The van der Waals surface area contributed by atoms with E-state index in [1.54, 1.807) is 11.3 Å². The zero-order chi connectivity index (χ0) is 20.1. The van der Waals surface area contributed by atoms with Gasteiger partial charge in [-0.2, -0.15) is 0 Å². The smallest absolute Gasteiger partial charge is 0.224 e. The fourth-order valence-electron chi connectivity index (χ4n) is 3.96. The van der Waals surface area contributed by atoms with Crippen molar-refractivity contribution < 1.29 is 14.3 Å². The summed E-state index contributed by atoms with van der Waals surface area (Å²) in [6, 6.07) is 6.04. The molecule has 0 radical (unpaired) electrons. The van der Waals surface area contributed by atoms with Crippen LogP contribution in [0.3, 0.4) is 0 Å². The van der Waals surface area contributed by atoms with E-state index in [0.29, 0.717) is 13.2 Å². The number of carbonyl (C=O) groups is 1. The van der Waals surface area contributed by atoms with Crippen LogP contribution < -0.4 is 15.0 Å². The molecular weight excluding hydrogens is 388 g/mol. The molecule has 0 aliphatic carbocycles. The summed E-state index contributed by atoms with van der Waals surface area (Å²) in [5, 5.41) is 4.14. The van der Waals surface area contributed by atoms with E-state index < -0.39 is 0 Å². The number of ether oxygens (including phenoxy) is 2. The van der Waals surface area contributed by atoms with Crippen molar-refractivity contribution in [1.29, 1.82) is 0 Å². The van der Waals surface area contributed by atoms with Gasteiger partial charge in [0.25, 0.3) is 0 Å². The van der Waals surface area contributed by atoms with Gasteiger partial charge >= 0.3 is 0 Å². The molecule has 158 valence electrons. The second-order valence-electron chi connectivity index (χ2n) is 7.59. The molecule has 2 aliphatic heterocycles. The van der Waals surface area contributed by atoms with E-state index in [4.69, 9.17) is 14.5 Å². The molecule has 3 heterocycles. The summed E-state index contributed by atoms with van der Waals surface area (Å²) in [6.45, 7) is 9.43. The van der Waals surface area contributed by atoms with E-state index in [2.05, 4.69) is 21.2 Å². The molecule has 2 aromatic rings. The summed E-state index contributed by atoms with van der Waals surface area (Å²) in [7, 11) is 0. The number of amides is 1. The summed E-state index contributed by atoms with van der Waals surface area (Å²) in [5.41, 5.74) is 0.991. The van der Waals surface area contributed by atoms with Crippen LogP contribution in [0.25, 0.3) is 10.2 Å². The average Bonchev–Trinajstić information content (AvgIpc) is 3.18. The highest BCUT2D eigenvalue weighted by Gasteiger charge is 2.27. The number of nitrogens with one attached hydrogen (secondary N) is 1. The van der Waals surface area contributed by atoms with Gasteiger partial charge in [0, 0.05) is 39.3 Å². The third-order valence-electron chi connectivity index (χ3n) is 5.55. The molecule has 1 amide bonds. The Morgan fingerprint density at radius 2 is 2.21 bits per heavy atom. The number of anilines is 1. The number of thiazole rings is 1. The minimum Gasteiger partial charge on any atom is -0.494 e. The van der Waals surface area contributed by atoms with E-state index in [9.17, 15) is 4.79 Å². The van der Waals surface area contributed by atoms with Gasteiger partial charge in [-0.05, 0) is 38.0 Å². The summed E-state index contributed by atoms with van der Waals surface area (Å²) in [4.78, 5) is 22.1. The van der Waals surface area contributed by atoms with Crippen LogP contribution in [0, 0.1) is 5.92 Å². The molecule has 29 heavy (non-hydrogen) atoms. The molecular formula is C21H30N4O3S. The number of morpholine rings is 1. The third kappa shape index (κ3) is 5.18. The molecule has 1 aromatic carbocycles. The first-order valence-corrected chi connectivity index (χ1v) is 11.4. The minimum atomic E-state index is 0.0273. The van der Waals surface area contributed by atoms with E-state index in [0.717, 1.165) is 79.9 Å². The topological polar surface area (TPSA) is 66.9 Å². The van der Waals surface area contributed by atoms with Crippen molar-refractivity contribution in [3.8, 4) is 5.75 Å². The molecule has 0 saturated carbocycles. The molecule has 7 nitrogen and oxygen atoms in total. The Morgan fingerprint density at radius 1 is 1.34 bits per heavy atom. The fourth-order valence-corrected chi connectivity index (χ4v) is 4.98.